The molecule has 27 heavy (non-hydrogen) atoms. The van der Waals surface area contributed by atoms with Gasteiger partial charge in [-0.2, -0.15) is 0 Å². The Morgan fingerprint density at radius 1 is 1.26 bits per heavy atom. The predicted molar refractivity (Wildman–Crippen MR) is 104 cm³/mol. The SMILES string of the molecule is CC(=O)c1cnc(N2CCC(N3C(=O)OCc4ccccc43)CC2)c(Cl)c1. The van der Waals surface area contributed by atoms with Gasteiger partial charge in [-0.25, -0.2) is 9.78 Å². The Hall–Kier alpha value is -2.60. The standard InChI is InChI=1S/C20H20ClN3O3/c1-13(25)15-10-17(21)19(22-11-15)23-8-6-16(7-9-23)24-18-5-3-2-4-14(18)12-27-20(24)26/h2-5,10-11,16H,6-9,12H2,1H3. The van der Waals surface area contributed by atoms with Crippen molar-refractivity contribution in [2.45, 2.75) is 32.4 Å². The number of amides is 1. The number of anilines is 2. The van der Waals surface area contributed by atoms with Gasteiger partial charge in [0.15, 0.2) is 5.78 Å². The van der Waals surface area contributed by atoms with Crippen molar-refractivity contribution in [3.05, 3.63) is 52.7 Å². The van der Waals surface area contributed by atoms with Crippen LogP contribution in [0.5, 0.6) is 0 Å². The molecular formula is C20H20ClN3O3. The van der Waals surface area contributed by atoms with Crippen LogP contribution in [0.4, 0.5) is 16.3 Å². The second-order valence-corrected chi connectivity index (χ2v) is 7.26. The second kappa shape index (κ2) is 7.19. The van der Waals surface area contributed by atoms with Gasteiger partial charge in [0.05, 0.1) is 10.7 Å². The topological polar surface area (TPSA) is 62.7 Å². The van der Waals surface area contributed by atoms with Crippen LogP contribution in [0.15, 0.2) is 36.5 Å². The number of benzene rings is 1. The summed E-state index contributed by atoms with van der Waals surface area (Å²) in [7, 11) is 0. The summed E-state index contributed by atoms with van der Waals surface area (Å²) in [6, 6.07) is 9.60. The fourth-order valence-corrected chi connectivity index (χ4v) is 4.00. The number of cyclic esters (lactones) is 1. The van der Waals surface area contributed by atoms with E-state index in [-0.39, 0.29) is 17.9 Å². The number of ether oxygens (including phenoxy) is 1. The minimum Gasteiger partial charge on any atom is -0.444 e. The third kappa shape index (κ3) is 3.37. The van der Waals surface area contributed by atoms with Crippen molar-refractivity contribution in [2.75, 3.05) is 22.9 Å². The Morgan fingerprint density at radius 2 is 2.00 bits per heavy atom. The molecule has 0 saturated carbocycles. The number of para-hydroxylation sites is 1. The first-order chi connectivity index (χ1) is 13.0. The number of aromatic nitrogens is 1. The number of halogens is 1. The molecule has 0 radical (unpaired) electrons. The van der Waals surface area contributed by atoms with Crippen LogP contribution in [0.2, 0.25) is 5.02 Å². The van der Waals surface area contributed by atoms with Crippen molar-refractivity contribution in [2.24, 2.45) is 0 Å². The number of carbonyl (C=O) groups excluding carboxylic acids is 2. The average molecular weight is 386 g/mol. The molecule has 4 rings (SSSR count). The van der Waals surface area contributed by atoms with Crippen molar-refractivity contribution < 1.29 is 14.3 Å². The van der Waals surface area contributed by atoms with E-state index in [2.05, 4.69) is 9.88 Å². The average Bonchev–Trinajstić information content (AvgIpc) is 2.68. The lowest BCUT2D eigenvalue weighted by Crippen LogP contribution is -2.49. The number of Topliss-reactive ketones (excluding diaryl/α,β-unsaturated/α-hetero) is 1. The zero-order valence-corrected chi connectivity index (χ0v) is 15.8. The summed E-state index contributed by atoms with van der Waals surface area (Å²) in [6.45, 7) is 3.27. The predicted octanol–water partition coefficient (Wildman–Crippen LogP) is 4.06. The monoisotopic (exact) mass is 385 g/mol. The lowest BCUT2D eigenvalue weighted by atomic mass is 10.0. The number of hydrogen-bond acceptors (Lipinski definition) is 5. The van der Waals surface area contributed by atoms with Gasteiger partial charge in [-0.15, -0.1) is 0 Å². The number of fused-ring (bicyclic) bond motifs is 1. The Bertz CT molecular complexity index is 894. The number of pyridine rings is 1. The van der Waals surface area contributed by atoms with E-state index in [9.17, 15) is 9.59 Å². The maximum atomic E-state index is 12.4. The summed E-state index contributed by atoms with van der Waals surface area (Å²) in [5.41, 5.74) is 2.48. The number of ketones is 1. The molecular weight excluding hydrogens is 366 g/mol. The van der Waals surface area contributed by atoms with Gasteiger partial charge in [-0.05, 0) is 31.9 Å². The maximum Gasteiger partial charge on any atom is 0.414 e. The highest BCUT2D eigenvalue weighted by molar-refractivity contribution is 6.33. The van der Waals surface area contributed by atoms with E-state index in [0.717, 1.165) is 37.2 Å². The van der Waals surface area contributed by atoms with Crippen molar-refractivity contribution >= 4 is 35.0 Å². The number of piperidine rings is 1. The molecule has 2 aromatic rings. The van der Waals surface area contributed by atoms with Gasteiger partial charge in [0.25, 0.3) is 0 Å². The molecule has 7 heteroatoms. The minimum atomic E-state index is -0.283. The van der Waals surface area contributed by atoms with Crippen LogP contribution in [0, 0.1) is 0 Å². The summed E-state index contributed by atoms with van der Waals surface area (Å²) in [6.07, 6.45) is 2.86. The molecule has 0 atom stereocenters. The summed E-state index contributed by atoms with van der Waals surface area (Å²) in [5.74, 6) is 0.624. The van der Waals surface area contributed by atoms with Crippen LogP contribution in [-0.4, -0.2) is 36.0 Å². The van der Waals surface area contributed by atoms with Crippen molar-refractivity contribution in [3.63, 3.8) is 0 Å². The lowest BCUT2D eigenvalue weighted by Gasteiger charge is -2.40. The molecule has 140 valence electrons. The first kappa shape index (κ1) is 17.8. The van der Waals surface area contributed by atoms with Gasteiger partial charge in [0.1, 0.15) is 12.4 Å². The van der Waals surface area contributed by atoms with E-state index in [4.69, 9.17) is 16.3 Å². The summed E-state index contributed by atoms with van der Waals surface area (Å²) in [5, 5.41) is 0.476. The Balaban J connectivity index is 1.50. The fraction of sp³-hybridized carbons (Fsp3) is 0.350. The highest BCUT2D eigenvalue weighted by atomic mass is 35.5. The molecule has 2 aliphatic heterocycles. The number of rotatable bonds is 3. The zero-order valence-electron chi connectivity index (χ0n) is 15.0. The molecule has 0 bridgehead atoms. The van der Waals surface area contributed by atoms with E-state index < -0.39 is 0 Å². The number of nitrogens with zero attached hydrogens (tertiary/aromatic N) is 3. The van der Waals surface area contributed by atoms with Gasteiger partial charge in [0.2, 0.25) is 0 Å². The molecule has 1 amide bonds. The molecule has 1 saturated heterocycles. The van der Waals surface area contributed by atoms with E-state index >= 15 is 0 Å². The van der Waals surface area contributed by atoms with Crippen LogP contribution < -0.4 is 9.80 Å². The van der Waals surface area contributed by atoms with Crippen LogP contribution >= 0.6 is 11.6 Å². The first-order valence-electron chi connectivity index (χ1n) is 9.00. The second-order valence-electron chi connectivity index (χ2n) is 6.86. The molecule has 2 aliphatic rings. The minimum absolute atomic E-state index is 0.0584. The Kier molecular flexibility index (Phi) is 4.74. The van der Waals surface area contributed by atoms with E-state index in [1.54, 1.807) is 17.2 Å². The van der Waals surface area contributed by atoms with Crippen LogP contribution in [0.3, 0.4) is 0 Å². The van der Waals surface area contributed by atoms with E-state index in [1.807, 2.05) is 24.3 Å². The quantitative estimate of drug-likeness (QED) is 0.745. The van der Waals surface area contributed by atoms with Gasteiger partial charge in [-0.1, -0.05) is 29.8 Å². The molecule has 0 spiro atoms. The molecule has 0 unspecified atom stereocenters. The van der Waals surface area contributed by atoms with Crippen molar-refractivity contribution in [1.82, 2.24) is 4.98 Å². The normalized spacial score (nSPS) is 17.5. The fourth-order valence-electron chi connectivity index (χ4n) is 3.71. The third-order valence-corrected chi connectivity index (χ3v) is 5.43. The Labute approximate surface area is 162 Å². The Morgan fingerprint density at radius 3 is 2.70 bits per heavy atom. The molecule has 6 nitrogen and oxygen atoms in total. The molecule has 3 heterocycles. The summed E-state index contributed by atoms with van der Waals surface area (Å²) >= 11 is 6.34. The highest BCUT2D eigenvalue weighted by Crippen LogP contribution is 2.33. The molecule has 1 fully saturated rings. The largest absolute Gasteiger partial charge is 0.444 e. The highest BCUT2D eigenvalue weighted by Gasteiger charge is 2.34. The van der Waals surface area contributed by atoms with Gasteiger partial charge < -0.3 is 9.64 Å². The molecule has 1 aromatic carbocycles. The van der Waals surface area contributed by atoms with Gasteiger partial charge in [-0.3, -0.25) is 9.69 Å². The number of hydrogen-bond donors (Lipinski definition) is 0. The van der Waals surface area contributed by atoms with Crippen LogP contribution in [-0.2, 0) is 11.3 Å². The lowest BCUT2D eigenvalue weighted by molar-refractivity contribution is 0.101. The summed E-state index contributed by atoms with van der Waals surface area (Å²) in [4.78, 5) is 32.1. The first-order valence-corrected chi connectivity index (χ1v) is 9.37. The number of carbonyl (C=O) groups is 2. The van der Waals surface area contributed by atoms with E-state index in [1.165, 1.54) is 6.92 Å². The van der Waals surface area contributed by atoms with Gasteiger partial charge >= 0.3 is 6.09 Å². The van der Waals surface area contributed by atoms with Crippen LogP contribution in [0.1, 0.15) is 35.7 Å². The summed E-state index contributed by atoms with van der Waals surface area (Å²) < 4.78 is 5.34. The van der Waals surface area contributed by atoms with E-state index in [0.29, 0.717) is 23.0 Å². The smallest absolute Gasteiger partial charge is 0.414 e. The maximum absolute atomic E-state index is 12.4. The molecule has 1 aromatic heterocycles. The van der Waals surface area contributed by atoms with Crippen molar-refractivity contribution in [1.29, 1.82) is 0 Å². The van der Waals surface area contributed by atoms with Crippen molar-refractivity contribution in [3.8, 4) is 0 Å². The van der Waals surface area contributed by atoms with Gasteiger partial charge in [0, 0.05) is 36.5 Å². The molecule has 0 N–H and O–H groups in total. The third-order valence-electron chi connectivity index (χ3n) is 5.16. The zero-order chi connectivity index (χ0) is 19.0. The van der Waals surface area contributed by atoms with Crippen LogP contribution in [0.25, 0.3) is 0 Å². The molecule has 0 aliphatic carbocycles.